The Morgan fingerprint density at radius 3 is 2.84 bits per heavy atom. The van der Waals surface area contributed by atoms with E-state index >= 15 is 0 Å². The number of carbonyl (C=O) groups excluding carboxylic acids is 1. The maximum absolute atomic E-state index is 12.5. The zero-order valence-corrected chi connectivity index (χ0v) is 15.1. The summed E-state index contributed by atoms with van der Waals surface area (Å²) >= 11 is 6.09. The average molecular weight is 367 g/mol. The Bertz CT molecular complexity index is 614. The molecule has 0 aromatic heterocycles. The molecule has 0 spiro atoms. The second kappa shape index (κ2) is 10.1. The van der Waals surface area contributed by atoms with Crippen molar-refractivity contribution >= 4 is 23.3 Å². The van der Waals surface area contributed by atoms with Gasteiger partial charge in [0.15, 0.2) is 0 Å². The largest absolute Gasteiger partial charge is 0.495 e. The van der Waals surface area contributed by atoms with E-state index in [9.17, 15) is 4.79 Å². The van der Waals surface area contributed by atoms with Crippen LogP contribution in [0.15, 0.2) is 18.2 Å². The van der Waals surface area contributed by atoms with Gasteiger partial charge in [0, 0.05) is 38.4 Å². The van der Waals surface area contributed by atoms with Crippen molar-refractivity contribution in [1.82, 2.24) is 9.80 Å². The van der Waals surface area contributed by atoms with Crippen LogP contribution in [0.4, 0.5) is 10.5 Å². The van der Waals surface area contributed by atoms with Crippen molar-refractivity contribution in [1.29, 1.82) is 5.26 Å². The smallest absolute Gasteiger partial charge is 0.321 e. The lowest BCUT2D eigenvalue weighted by Crippen LogP contribution is -2.44. The number of anilines is 1. The minimum absolute atomic E-state index is 0.246. The van der Waals surface area contributed by atoms with Crippen molar-refractivity contribution in [2.24, 2.45) is 0 Å². The lowest BCUT2D eigenvalue weighted by Gasteiger charge is -2.30. The molecule has 1 aliphatic rings. The summed E-state index contributed by atoms with van der Waals surface area (Å²) in [7, 11) is 1.54. The van der Waals surface area contributed by atoms with E-state index in [1.54, 1.807) is 23.1 Å². The molecule has 1 heterocycles. The molecule has 1 aliphatic heterocycles. The van der Waals surface area contributed by atoms with Crippen LogP contribution < -0.4 is 10.1 Å². The number of methoxy groups -OCH3 is 1. The molecule has 25 heavy (non-hydrogen) atoms. The van der Waals surface area contributed by atoms with Crippen LogP contribution in [-0.2, 0) is 4.74 Å². The van der Waals surface area contributed by atoms with Crippen molar-refractivity contribution in [2.45, 2.75) is 6.42 Å². The molecule has 1 aromatic carbocycles. The summed E-state index contributed by atoms with van der Waals surface area (Å²) in [6.45, 7) is 4.85. The molecule has 136 valence electrons. The van der Waals surface area contributed by atoms with Gasteiger partial charge in [0.05, 0.1) is 37.8 Å². The molecule has 1 fully saturated rings. The zero-order chi connectivity index (χ0) is 18.1. The second-order valence-electron chi connectivity index (χ2n) is 5.63. The molecule has 0 atom stereocenters. The molecule has 0 aliphatic carbocycles. The Labute approximate surface area is 153 Å². The van der Waals surface area contributed by atoms with Crippen molar-refractivity contribution in [3.05, 3.63) is 23.2 Å². The lowest BCUT2D eigenvalue weighted by molar-refractivity contribution is 0.0352. The van der Waals surface area contributed by atoms with Gasteiger partial charge in [-0.25, -0.2) is 4.79 Å². The summed E-state index contributed by atoms with van der Waals surface area (Å²) < 4.78 is 10.4. The number of ether oxygens (including phenoxy) is 2. The fraction of sp³-hybridized carbons (Fsp3) is 0.529. The lowest BCUT2D eigenvalue weighted by atomic mass is 10.3. The number of urea groups is 1. The Hall–Kier alpha value is -2.01. The number of rotatable bonds is 7. The van der Waals surface area contributed by atoms with E-state index < -0.39 is 0 Å². The van der Waals surface area contributed by atoms with Crippen LogP contribution in [0, 0.1) is 11.3 Å². The van der Waals surface area contributed by atoms with Gasteiger partial charge < -0.3 is 19.7 Å². The zero-order valence-electron chi connectivity index (χ0n) is 14.3. The van der Waals surface area contributed by atoms with Crippen molar-refractivity contribution < 1.29 is 14.3 Å². The summed E-state index contributed by atoms with van der Waals surface area (Å²) in [6, 6.07) is 6.91. The van der Waals surface area contributed by atoms with Gasteiger partial charge in [-0.3, -0.25) is 4.90 Å². The number of morpholine rings is 1. The van der Waals surface area contributed by atoms with Gasteiger partial charge in [-0.15, -0.1) is 0 Å². The van der Waals surface area contributed by atoms with Crippen LogP contribution in [-0.4, -0.2) is 68.9 Å². The second-order valence-corrected chi connectivity index (χ2v) is 6.04. The first-order valence-corrected chi connectivity index (χ1v) is 8.58. The Morgan fingerprint density at radius 1 is 1.44 bits per heavy atom. The first-order chi connectivity index (χ1) is 12.1. The molecule has 0 unspecified atom stereocenters. The molecule has 8 heteroatoms. The predicted octanol–water partition coefficient (Wildman–Crippen LogP) is 2.43. The molecular formula is C17H23ClN4O3. The summed E-state index contributed by atoms with van der Waals surface area (Å²) in [5.41, 5.74) is 0.587. The normalized spacial score (nSPS) is 14.6. The van der Waals surface area contributed by atoms with Gasteiger partial charge in [0.1, 0.15) is 5.75 Å². The van der Waals surface area contributed by atoms with Gasteiger partial charge in [-0.05, 0) is 18.2 Å². The van der Waals surface area contributed by atoms with Gasteiger partial charge in [-0.1, -0.05) is 11.6 Å². The average Bonchev–Trinajstić information content (AvgIpc) is 2.62. The standard InChI is InChI=1S/C17H23ClN4O3/c1-24-16-4-3-14(13-15(16)18)20-17(23)22(6-2-5-19)8-7-21-9-11-25-12-10-21/h3-4,13H,2,6-12H2,1H3,(H,20,23). The molecular weight excluding hydrogens is 344 g/mol. The summed E-state index contributed by atoms with van der Waals surface area (Å²) in [4.78, 5) is 16.4. The number of hydrogen-bond donors (Lipinski definition) is 1. The minimum Gasteiger partial charge on any atom is -0.495 e. The molecule has 0 radical (unpaired) electrons. The number of nitrogens with zero attached hydrogens (tertiary/aromatic N) is 3. The molecule has 0 saturated carbocycles. The summed E-state index contributed by atoms with van der Waals surface area (Å²) in [6.07, 6.45) is 0.292. The fourth-order valence-electron chi connectivity index (χ4n) is 2.53. The number of amides is 2. The Kier molecular flexibility index (Phi) is 7.79. The van der Waals surface area contributed by atoms with Crippen LogP contribution in [0.3, 0.4) is 0 Å². The van der Waals surface area contributed by atoms with E-state index in [4.69, 9.17) is 26.3 Å². The monoisotopic (exact) mass is 366 g/mol. The summed E-state index contributed by atoms with van der Waals surface area (Å²) in [5, 5.41) is 12.1. The highest BCUT2D eigenvalue weighted by atomic mass is 35.5. The topological polar surface area (TPSA) is 77.8 Å². The van der Waals surface area contributed by atoms with Crippen LogP contribution >= 0.6 is 11.6 Å². The molecule has 1 saturated heterocycles. The molecule has 1 aromatic rings. The first kappa shape index (κ1) is 19.3. The van der Waals surface area contributed by atoms with Crippen LogP contribution in [0.1, 0.15) is 6.42 Å². The quantitative estimate of drug-likeness (QED) is 0.801. The van der Waals surface area contributed by atoms with Crippen molar-refractivity contribution in [2.75, 3.05) is 58.4 Å². The SMILES string of the molecule is COc1ccc(NC(=O)N(CCC#N)CCN2CCOCC2)cc1Cl. The van der Waals surface area contributed by atoms with Gasteiger partial charge in [-0.2, -0.15) is 5.26 Å². The van der Waals surface area contributed by atoms with Crippen LogP contribution in [0.5, 0.6) is 5.75 Å². The molecule has 0 bridgehead atoms. The van der Waals surface area contributed by atoms with Crippen molar-refractivity contribution in [3.63, 3.8) is 0 Å². The third-order valence-corrected chi connectivity index (χ3v) is 4.27. The first-order valence-electron chi connectivity index (χ1n) is 8.20. The maximum Gasteiger partial charge on any atom is 0.321 e. The molecule has 1 N–H and O–H groups in total. The van der Waals surface area contributed by atoms with E-state index in [-0.39, 0.29) is 6.03 Å². The highest BCUT2D eigenvalue weighted by Crippen LogP contribution is 2.27. The third kappa shape index (κ3) is 6.09. The van der Waals surface area contributed by atoms with Gasteiger partial charge >= 0.3 is 6.03 Å². The minimum atomic E-state index is -0.246. The molecule has 7 nitrogen and oxygen atoms in total. The van der Waals surface area contributed by atoms with E-state index in [1.165, 1.54) is 7.11 Å². The highest BCUT2D eigenvalue weighted by Gasteiger charge is 2.17. The molecule has 2 amide bonds. The molecule has 2 rings (SSSR count). The van der Waals surface area contributed by atoms with Gasteiger partial charge in [0.25, 0.3) is 0 Å². The predicted molar refractivity (Wildman–Crippen MR) is 96.1 cm³/mol. The van der Waals surface area contributed by atoms with Gasteiger partial charge in [0.2, 0.25) is 0 Å². The number of benzene rings is 1. The van der Waals surface area contributed by atoms with E-state index in [0.717, 1.165) is 32.8 Å². The van der Waals surface area contributed by atoms with E-state index in [2.05, 4.69) is 16.3 Å². The van der Waals surface area contributed by atoms with Crippen LogP contribution in [0.25, 0.3) is 0 Å². The van der Waals surface area contributed by atoms with E-state index in [1.807, 2.05) is 0 Å². The number of nitriles is 1. The fourth-order valence-corrected chi connectivity index (χ4v) is 2.79. The van der Waals surface area contributed by atoms with Crippen molar-refractivity contribution in [3.8, 4) is 11.8 Å². The number of nitrogens with one attached hydrogen (secondary N) is 1. The third-order valence-electron chi connectivity index (χ3n) is 3.97. The summed E-state index contributed by atoms with van der Waals surface area (Å²) in [5.74, 6) is 0.549. The number of carbonyl (C=O) groups is 1. The maximum atomic E-state index is 12.5. The number of halogens is 1. The highest BCUT2D eigenvalue weighted by molar-refractivity contribution is 6.32. The van der Waals surface area contributed by atoms with E-state index in [0.29, 0.717) is 36.0 Å². The van der Waals surface area contributed by atoms with Crippen LogP contribution in [0.2, 0.25) is 5.02 Å². The number of hydrogen-bond acceptors (Lipinski definition) is 5. The Balaban J connectivity index is 1.94. The Morgan fingerprint density at radius 2 is 2.20 bits per heavy atom.